The molecule has 0 aliphatic rings. The zero-order valence-electron chi connectivity index (χ0n) is 19.1. The predicted octanol–water partition coefficient (Wildman–Crippen LogP) is 4.77. The second-order valence-electron chi connectivity index (χ2n) is 7.81. The molecule has 6 heteroatoms. The molecule has 2 aromatic rings. The molecule has 0 saturated heterocycles. The first-order chi connectivity index (χ1) is 15.9. The van der Waals surface area contributed by atoms with Crippen molar-refractivity contribution in [2.24, 2.45) is 0 Å². The van der Waals surface area contributed by atoms with Crippen molar-refractivity contribution in [3.05, 3.63) is 72.3 Å². The maximum atomic E-state index is 12.0. The maximum absolute atomic E-state index is 12.0. The number of aryl methyl sites for hydroxylation is 1. The third kappa shape index (κ3) is 8.00. The Labute approximate surface area is 195 Å². The molecule has 0 radical (unpaired) electrons. The minimum absolute atomic E-state index is 0.0211. The van der Waals surface area contributed by atoms with Gasteiger partial charge in [0.2, 0.25) is 0 Å². The first kappa shape index (κ1) is 26.0. The molecule has 0 aromatic heterocycles. The Morgan fingerprint density at radius 1 is 0.788 bits per heavy atom. The zero-order chi connectivity index (χ0) is 24.2. The molecule has 6 nitrogen and oxygen atoms in total. The summed E-state index contributed by atoms with van der Waals surface area (Å²) in [6, 6.07) is 12.4. The van der Waals surface area contributed by atoms with Gasteiger partial charge in [0, 0.05) is 0 Å². The molecular formula is C27H32O6. The monoisotopic (exact) mass is 452 g/mol. The van der Waals surface area contributed by atoms with Crippen molar-refractivity contribution >= 4 is 11.9 Å². The molecule has 0 bridgehead atoms. The van der Waals surface area contributed by atoms with Gasteiger partial charge in [-0.2, -0.15) is 0 Å². The molecule has 0 unspecified atom stereocenters. The number of hydrogen-bond donors (Lipinski definition) is 2. The molecule has 2 N–H and O–H groups in total. The van der Waals surface area contributed by atoms with E-state index in [1.165, 1.54) is 19.3 Å². The first-order valence-corrected chi connectivity index (χ1v) is 11.1. The normalized spacial score (nSPS) is 10.5. The fourth-order valence-corrected chi connectivity index (χ4v) is 3.21. The van der Waals surface area contributed by atoms with Crippen molar-refractivity contribution in [1.82, 2.24) is 0 Å². The number of aliphatic hydroxyl groups excluding tert-OH is 2. The standard InChI is InChI=1S/C27H32O6/c1-4-5-6-7-8-9-21-12-15-24(33-27(31)20(3)18-29)16-25(21)22-10-13-23(14-11-22)32-26(30)19(2)17-28/h10-16,28-29H,2-9,17-18H2,1H3. The Kier molecular flexibility index (Phi) is 10.5. The van der Waals surface area contributed by atoms with Crippen LogP contribution in [0.25, 0.3) is 11.1 Å². The number of carbonyl (C=O) groups excluding carboxylic acids is 2. The quantitative estimate of drug-likeness (QED) is 0.197. The Hall–Kier alpha value is -3.22. The van der Waals surface area contributed by atoms with Crippen molar-refractivity contribution in [3.63, 3.8) is 0 Å². The van der Waals surface area contributed by atoms with Gasteiger partial charge in [0.1, 0.15) is 11.5 Å². The largest absolute Gasteiger partial charge is 0.423 e. The highest BCUT2D eigenvalue weighted by atomic mass is 16.5. The molecule has 0 aliphatic heterocycles. The van der Waals surface area contributed by atoms with Gasteiger partial charge in [-0.3, -0.25) is 0 Å². The summed E-state index contributed by atoms with van der Waals surface area (Å²) in [7, 11) is 0. The van der Waals surface area contributed by atoms with Gasteiger partial charge in [-0.05, 0) is 53.8 Å². The summed E-state index contributed by atoms with van der Waals surface area (Å²) in [5.74, 6) is -0.673. The lowest BCUT2D eigenvalue weighted by atomic mass is 9.95. The smallest absolute Gasteiger partial charge is 0.341 e. The molecule has 0 amide bonds. The maximum Gasteiger partial charge on any atom is 0.341 e. The number of benzene rings is 2. The molecule has 0 saturated carbocycles. The van der Waals surface area contributed by atoms with Crippen LogP contribution in [0.3, 0.4) is 0 Å². The van der Waals surface area contributed by atoms with Gasteiger partial charge in [0.05, 0.1) is 24.4 Å². The highest BCUT2D eigenvalue weighted by molar-refractivity contribution is 5.90. The fourth-order valence-electron chi connectivity index (χ4n) is 3.21. The zero-order valence-corrected chi connectivity index (χ0v) is 19.1. The van der Waals surface area contributed by atoms with Gasteiger partial charge in [0.25, 0.3) is 0 Å². The van der Waals surface area contributed by atoms with E-state index in [0.717, 1.165) is 36.0 Å². The molecule has 176 valence electrons. The Morgan fingerprint density at radius 3 is 1.91 bits per heavy atom. The van der Waals surface area contributed by atoms with E-state index in [9.17, 15) is 9.59 Å². The van der Waals surface area contributed by atoms with Crippen LogP contribution in [0.2, 0.25) is 0 Å². The lowest BCUT2D eigenvalue weighted by Crippen LogP contribution is -2.13. The van der Waals surface area contributed by atoms with E-state index in [1.54, 1.807) is 24.3 Å². The molecule has 0 heterocycles. The van der Waals surface area contributed by atoms with Crippen molar-refractivity contribution in [3.8, 4) is 22.6 Å². The van der Waals surface area contributed by atoms with Gasteiger partial charge in [-0.25, -0.2) is 9.59 Å². The van der Waals surface area contributed by atoms with Gasteiger partial charge < -0.3 is 19.7 Å². The van der Waals surface area contributed by atoms with E-state index in [4.69, 9.17) is 19.7 Å². The van der Waals surface area contributed by atoms with E-state index in [-0.39, 0.29) is 11.1 Å². The number of hydrogen-bond acceptors (Lipinski definition) is 6. The van der Waals surface area contributed by atoms with Crippen LogP contribution in [0.15, 0.2) is 66.8 Å². The van der Waals surface area contributed by atoms with Crippen LogP contribution in [-0.4, -0.2) is 35.4 Å². The number of carbonyl (C=O) groups is 2. The lowest BCUT2D eigenvalue weighted by molar-refractivity contribution is -0.131. The van der Waals surface area contributed by atoms with Crippen LogP contribution in [-0.2, 0) is 16.0 Å². The molecular weight excluding hydrogens is 420 g/mol. The molecule has 2 rings (SSSR count). The third-order valence-corrected chi connectivity index (χ3v) is 5.18. The summed E-state index contributed by atoms with van der Waals surface area (Å²) in [6.45, 7) is 8.20. The summed E-state index contributed by atoms with van der Waals surface area (Å²) in [5, 5.41) is 18.1. The topological polar surface area (TPSA) is 93.1 Å². The SMILES string of the molecule is C=C(CO)C(=O)Oc1ccc(-c2cc(OC(=O)C(=C)CO)ccc2CCCCCCC)cc1. The second-order valence-corrected chi connectivity index (χ2v) is 7.81. The van der Waals surface area contributed by atoms with E-state index >= 15 is 0 Å². The summed E-state index contributed by atoms with van der Waals surface area (Å²) in [5.41, 5.74) is 2.85. The molecule has 0 aliphatic carbocycles. The minimum atomic E-state index is -0.684. The van der Waals surface area contributed by atoms with E-state index in [2.05, 4.69) is 20.1 Å². The third-order valence-electron chi connectivity index (χ3n) is 5.18. The lowest BCUT2D eigenvalue weighted by Gasteiger charge is -2.14. The summed E-state index contributed by atoms with van der Waals surface area (Å²) >= 11 is 0. The minimum Gasteiger partial charge on any atom is -0.423 e. The van der Waals surface area contributed by atoms with Gasteiger partial charge in [-0.15, -0.1) is 0 Å². The molecule has 33 heavy (non-hydrogen) atoms. The Morgan fingerprint density at radius 2 is 1.33 bits per heavy atom. The molecule has 0 atom stereocenters. The Bertz CT molecular complexity index is 975. The summed E-state index contributed by atoms with van der Waals surface area (Å²) < 4.78 is 10.6. The van der Waals surface area contributed by atoms with E-state index in [1.807, 2.05) is 18.2 Å². The molecule has 2 aromatic carbocycles. The average Bonchev–Trinajstić information content (AvgIpc) is 2.83. The van der Waals surface area contributed by atoms with Crippen LogP contribution >= 0.6 is 0 Å². The Balaban J connectivity index is 2.26. The van der Waals surface area contributed by atoms with Gasteiger partial charge in [0.15, 0.2) is 0 Å². The van der Waals surface area contributed by atoms with E-state index < -0.39 is 25.2 Å². The van der Waals surface area contributed by atoms with Gasteiger partial charge in [-0.1, -0.05) is 64.0 Å². The highest BCUT2D eigenvalue weighted by Gasteiger charge is 2.13. The van der Waals surface area contributed by atoms with Crippen LogP contribution in [0, 0.1) is 0 Å². The number of esters is 2. The fraction of sp³-hybridized carbons (Fsp3) is 0.333. The summed E-state index contributed by atoms with van der Waals surface area (Å²) in [4.78, 5) is 23.8. The van der Waals surface area contributed by atoms with E-state index in [0.29, 0.717) is 11.5 Å². The number of rotatable bonds is 13. The van der Waals surface area contributed by atoms with Crippen molar-refractivity contribution in [2.45, 2.75) is 45.4 Å². The number of unbranched alkanes of at least 4 members (excludes halogenated alkanes) is 4. The first-order valence-electron chi connectivity index (χ1n) is 11.1. The highest BCUT2D eigenvalue weighted by Crippen LogP contribution is 2.31. The van der Waals surface area contributed by atoms with Crippen molar-refractivity contribution < 1.29 is 29.3 Å². The number of ether oxygens (including phenoxy) is 2. The average molecular weight is 453 g/mol. The molecule has 0 fully saturated rings. The van der Waals surface area contributed by atoms with Crippen molar-refractivity contribution in [2.75, 3.05) is 13.2 Å². The van der Waals surface area contributed by atoms with Gasteiger partial charge >= 0.3 is 11.9 Å². The van der Waals surface area contributed by atoms with Crippen LogP contribution in [0.1, 0.15) is 44.6 Å². The second kappa shape index (κ2) is 13.4. The van der Waals surface area contributed by atoms with Crippen molar-refractivity contribution in [1.29, 1.82) is 0 Å². The predicted molar refractivity (Wildman–Crippen MR) is 128 cm³/mol. The van der Waals surface area contributed by atoms with Crippen LogP contribution in [0.5, 0.6) is 11.5 Å². The van der Waals surface area contributed by atoms with Crippen LogP contribution in [0.4, 0.5) is 0 Å². The molecule has 0 spiro atoms. The number of aliphatic hydroxyl groups is 2. The summed E-state index contributed by atoms with van der Waals surface area (Å²) in [6.07, 6.45) is 6.68. The van der Waals surface area contributed by atoms with Crippen LogP contribution < -0.4 is 9.47 Å².